The first-order chi connectivity index (χ1) is 9.92. The molecular formula is C15H16N4O2. The van der Waals surface area contributed by atoms with E-state index < -0.39 is 0 Å². The van der Waals surface area contributed by atoms with Crippen LogP contribution in [0.3, 0.4) is 0 Å². The van der Waals surface area contributed by atoms with E-state index in [1.54, 1.807) is 29.8 Å². The number of nitro groups is 1. The third-order valence-electron chi connectivity index (χ3n) is 3.47. The maximum absolute atomic E-state index is 11.1. The molecule has 0 saturated carbocycles. The summed E-state index contributed by atoms with van der Waals surface area (Å²) in [6.45, 7) is 4.20. The molecule has 1 aromatic carbocycles. The van der Waals surface area contributed by atoms with Crippen molar-refractivity contribution in [2.75, 3.05) is 5.32 Å². The summed E-state index contributed by atoms with van der Waals surface area (Å²) < 4.78 is 1.73. The van der Waals surface area contributed by atoms with E-state index in [1.165, 1.54) is 0 Å². The molecule has 6 nitrogen and oxygen atoms in total. The fraction of sp³-hybridized carbons (Fsp3) is 0.267. The van der Waals surface area contributed by atoms with Crippen molar-refractivity contribution < 1.29 is 4.92 Å². The number of aromatic nitrogens is 1. The monoisotopic (exact) mass is 284 g/mol. The Hall–Kier alpha value is -2.81. The van der Waals surface area contributed by atoms with Crippen molar-refractivity contribution in [1.29, 1.82) is 5.26 Å². The van der Waals surface area contributed by atoms with Crippen LogP contribution in [-0.2, 0) is 13.6 Å². The molecule has 1 aromatic heterocycles. The lowest BCUT2D eigenvalue weighted by atomic mass is 10.1. The highest BCUT2D eigenvalue weighted by molar-refractivity contribution is 5.64. The second-order valence-electron chi connectivity index (χ2n) is 5.02. The van der Waals surface area contributed by atoms with Gasteiger partial charge in [0, 0.05) is 25.9 Å². The molecule has 0 bridgehead atoms. The Kier molecular flexibility index (Phi) is 3.94. The van der Waals surface area contributed by atoms with Gasteiger partial charge in [-0.15, -0.1) is 0 Å². The smallest absolute Gasteiger partial charge is 0.292 e. The van der Waals surface area contributed by atoms with E-state index in [1.807, 2.05) is 20.0 Å². The molecule has 2 aromatic rings. The van der Waals surface area contributed by atoms with Crippen LogP contribution in [0.1, 0.15) is 22.4 Å². The number of nitrogens with zero attached hydrogens (tertiary/aromatic N) is 3. The van der Waals surface area contributed by atoms with Crippen LogP contribution in [0.2, 0.25) is 0 Å². The zero-order valence-electron chi connectivity index (χ0n) is 12.2. The number of rotatable bonds is 4. The molecule has 0 radical (unpaired) electrons. The molecule has 6 heteroatoms. The highest BCUT2D eigenvalue weighted by Crippen LogP contribution is 2.28. The number of nitrogens with one attached hydrogen (secondary N) is 1. The van der Waals surface area contributed by atoms with Crippen molar-refractivity contribution >= 4 is 11.4 Å². The Morgan fingerprint density at radius 2 is 2.00 bits per heavy atom. The first-order valence-corrected chi connectivity index (χ1v) is 6.47. The van der Waals surface area contributed by atoms with Crippen molar-refractivity contribution in [3.05, 3.63) is 56.9 Å². The number of hydrogen-bond donors (Lipinski definition) is 1. The van der Waals surface area contributed by atoms with Gasteiger partial charge in [0.05, 0.1) is 4.92 Å². The molecule has 0 atom stereocenters. The Morgan fingerprint density at radius 3 is 2.57 bits per heavy atom. The highest BCUT2D eigenvalue weighted by Gasteiger charge is 2.15. The standard InChI is InChI=1S/C15H16N4O2/c1-10-4-14(15(19(20)21)5-11(10)2)17-8-12-6-13(7-16)18(3)9-12/h4-6,9,17H,8H2,1-3H3. The van der Waals surface area contributed by atoms with E-state index in [9.17, 15) is 10.1 Å². The van der Waals surface area contributed by atoms with Crippen LogP contribution >= 0.6 is 0 Å². The third-order valence-corrected chi connectivity index (χ3v) is 3.47. The van der Waals surface area contributed by atoms with Gasteiger partial charge in [-0.05, 0) is 42.7 Å². The molecule has 0 aliphatic heterocycles. The summed E-state index contributed by atoms with van der Waals surface area (Å²) in [5, 5.41) is 23.1. The van der Waals surface area contributed by atoms with Gasteiger partial charge in [-0.3, -0.25) is 10.1 Å². The second-order valence-corrected chi connectivity index (χ2v) is 5.02. The van der Waals surface area contributed by atoms with Crippen LogP contribution in [0.5, 0.6) is 0 Å². The summed E-state index contributed by atoms with van der Waals surface area (Å²) in [6.07, 6.45) is 1.83. The number of nitro benzene ring substituents is 1. The topological polar surface area (TPSA) is 83.9 Å². The highest BCUT2D eigenvalue weighted by atomic mass is 16.6. The van der Waals surface area contributed by atoms with Gasteiger partial charge in [-0.2, -0.15) is 5.26 Å². The average molecular weight is 284 g/mol. The zero-order valence-corrected chi connectivity index (χ0v) is 12.2. The summed E-state index contributed by atoms with van der Waals surface area (Å²) in [5.74, 6) is 0. The van der Waals surface area contributed by atoms with Gasteiger partial charge in [-0.25, -0.2) is 0 Å². The number of benzene rings is 1. The molecule has 0 fully saturated rings. The summed E-state index contributed by atoms with van der Waals surface area (Å²) in [6, 6.07) is 7.20. The zero-order chi connectivity index (χ0) is 15.6. The number of hydrogen-bond acceptors (Lipinski definition) is 4. The molecular weight excluding hydrogens is 268 g/mol. The maximum Gasteiger partial charge on any atom is 0.292 e. The largest absolute Gasteiger partial charge is 0.375 e. The van der Waals surface area contributed by atoms with Crippen LogP contribution in [0.4, 0.5) is 11.4 Å². The van der Waals surface area contributed by atoms with Crippen molar-refractivity contribution in [3.63, 3.8) is 0 Å². The number of anilines is 1. The SMILES string of the molecule is Cc1cc(NCc2cc(C#N)n(C)c2)c([N+](=O)[O-])cc1C. The van der Waals surface area contributed by atoms with Crippen LogP contribution in [-0.4, -0.2) is 9.49 Å². The first-order valence-electron chi connectivity index (χ1n) is 6.47. The Balaban J connectivity index is 2.25. The van der Waals surface area contributed by atoms with Gasteiger partial charge in [-0.1, -0.05) is 0 Å². The van der Waals surface area contributed by atoms with Gasteiger partial charge in [0.2, 0.25) is 0 Å². The van der Waals surface area contributed by atoms with Crippen LogP contribution in [0, 0.1) is 35.3 Å². The predicted molar refractivity (Wildman–Crippen MR) is 80.0 cm³/mol. The minimum absolute atomic E-state index is 0.0644. The summed E-state index contributed by atoms with van der Waals surface area (Å²) >= 11 is 0. The minimum atomic E-state index is -0.388. The predicted octanol–water partition coefficient (Wildman–Crippen LogP) is 3.03. The van der Waals surface area contributed by atoms with E-state index in [0.29, 0.717) is 17.9 Å². The van der Waals surface area contributed by atoms with Crippen molar-refractivity contribution in [1.82, 2.24) is 4.57 Å². The molecule has 0 saturated heterocycles. The molecule has 0 unspecified atom stereocenters. The quantitative estimate of drug-likeness (QED) is 0.691. The van der Waals surface area contributed by atoms with Crippen LogP contribution < -0.4 is 5.32 Å². The fourth-order valence-electron chi connectivity index (χ4n) is 2.13. The molecule has 108 valence electrons. The van der Waals surface area contributed by atoms with E-state index in [-0.39, 0.29) is 10.6 Å². The Labute approximate surface area is 122 Å². The molecule has 1 N–H and O–H groups in total. The summed E-state index contributed by atoms with van der Waals surface area (Å²) in [4.78, 5) is 10.7. The lowest BCUT2D eigenvalue weighted by Crippen LogP contribution is -2.03. The minimum Gasteiger partial charge on any atom is -0.375 e. The van der Waals surface area contributed by atoms with Crippen molar-refractivity contribution in [2.24, 2.45) is 7.05 Å². The van der Waals surface area contributed by atoms with Crippen LogP contribution in [0.15, 0.2) is 24.4 Å². The van der Waals surface area contributed by atoms with E-state index in [2.05, 4.69) is 11.4 Å². The Morgan fingerprint density at radius 1 is 1.33 bits per heavy atom. The molecule has 0 aliphatic rings. The van der Waals surface area contributed by atoms with E-state index >= 15 is 0 Å². The summed E-state index contributed by atoms with van der Waals surface area (Å²) in [7, 11) is 1.79. The number of nitriles is 1. The molecule has 1 heterocycles. The second kappa shape index (κ2) is 5.67. The van der Waals surface area contributed by atoms with Gasteiger partial charge in [0.15, 0.2) is 0 Å². The average Bonchev–Trinajstić information content (AvgIpc) is 2.79. The van der Waals surface area contributed by atoms with Crippen molar-refractivity contribution in [3.8, 4) is 6.07 Å². The summed E-state index contributed by atoms with van der Waals surface area (Å²) in [5.41, 5.74) is 3.90. The Bertz CT molecular complexity index is 741. The molecule has 0 amide bonds. The normalized spacial score (nSPS) is 10.2. The third kappa shape index (κ3) is 3.03. The van der Waals surface area contributed by atoms with Gasteiger partial charge in [0.1, 0.15) is 17.5 Å². The van der Waals surface area contributed by atoms with Crippen molar-refractivity contribution in [2.45, 2.75) is 20.4 Å². The molecule has 0 spiro atoms. The van der Waals surface area contributed by atoms with Crippen LogP contribution in [0.25, 0.3) is 0 Å². The molecule has 21 heavy (non-hydrogen) atoms. The molecule has 2 rings (SSSR count). The maximum atomic E-state index is 11.1. The van der Waals surface area contributed by atoms with Gasteiger partial charge >= 0.3 is 0 Å². The van der Waals surface area contributed by atoms with E-state index in [0.717, 1.165) is 16.7 Å². The lowest BCUT2D eigenvalue weighted by Gasteiger charge is -2.09. The number of aryl methyl sites for hydroxylation is 3. The lowest BCUT2D eigenvalue weighted by molar-refractivity contribution is -0.384. The first kappa shape index (κ1) is 14.6. The van der Waals surface area contributed by atoms with Gasteiger partial charge < -0.3 is 9.88 Å². The van der Waals surface area contributed by atoms with E-state index in [4.69, 9.17) is 5.26 Å². The molecule has 0 aliphatic carbocycles. The van der Waals surface area contributed by atoms with Gasteiger partial charge in [0.25, 0.3) is 5.69 Å². The fourth-order valence-corrected chi connectivity index (χ4v) is 2.13.